The molecular weight excluding hydrogens is 254 g/mol. The van der Waals surface area contributed by atoms with E-state index in [4.69, 9.17) is 10.3 Å². The summed E-state index contributed by atoms with van der Waals surface area (Å²) in [5.41, 5.74) is 5.11. The average molecular weight is 265 g/mol. The first-order valence-corrected chi connectivity index (χ1v) is 6.21. The number of nitrogens with two attached hydrogens (primary N) is 1. The number of hydrazine groups is 1. The minimum atomic E-state index is -0.327. The van der Waals surface area contributed by atoms with Gasteiger partial charge in [-0.05, 0) is 18.2 Å². The summed E-state index contributed by atoms with van der Waals surface area (Å²) in [5.74, 6) is 4.86. The Morgan fingerprint density at radius 1 is 1.10 bits per heavy atom. The highest BCUT2D eigenvalue weighted by atomic mass is 16.3. The number of hydrogen-bond acceptors (Lipinski definition) is 3. The number of nitrogens with one attached hydrogen (secondary N) is 2. The van der Waals surface area contributed by atoms with Crippen LogP contribution < -0.4 is 11.3 Å². The van der Waals surface area contributed by atoms with Gasteiger partial charge in [-0.1, -0.05) is 18.2 Å². The van der Waals surface area contributed by atoms with Gasteiger partial charge in [0.25, 0.3) is 5.91 Å². The second-order valence-corrected chi connectivity index (χ2v) is 4.67. The fourth-order valence-electron chi connectivity index (χ4n) is 2.61. The van der Waals surface area contributed by atoms with Gasteiger partial charge in [0.2, 0.25) is 0 Å². The molecule has 0 fully saturated rings. The minimum Gasteiger partial charge on any atom is -0.456 e. The summed E-state index contributed by atoms with van der Waals surface area (Å²) in [6, 6.07) is 11.7. The molecule has 0 atom stereocenters. The molecule has 4 aromatic rings. The third-order valence-electron chi connectivity index (χ3n) is 3.55. The summed E-state index contributed by atoms with van der Waals surface area (Å²) in [4.78, 5) is 14.8. The van der Waals surface area contributed by atoms with Crippen LogP contribution in [0.1, 0.15) is 10.4 Å². The third-order valence-corrected chi connectivity index (χ3v) is 3.55. The van der Waals surface area contributed by atoms with Gasteiger partial charge in [-0.15, -0.1) is 0 Å². The maximum Gasteiger partial charge on any atom is 0.267 e. The van der Waals surface area contributed by atoms with Crippen LogP contribution in [0, 0.1) is 0 Å². The number of furan rings is 1. The Morgan fingerprint density at radius 2 is 1.95 bits per heavy atom. The van der Waals surface area contributed by atoms with Crippen molar-refractivity contribution in [3.63, 3.8) is 0 Å². The van der Waals surface area contributed by atoms with Gasteiger partial charge in [0.05, 0.1) is 5.56 Å². The first kappa shape index (κ1) is 11.1. The molecule has 0 radical (unpaired) electrons. The average Bonchev–Trinajstić information content (AvgIpc) is 3.04. The van der Waals surface area contributed by atoms with E-state index in [0.717, 1.165) is 32.8 Å². The van der Waals surface area contributed by atoms with Crippen LogP contribution in [-0.2, 0) is 0 Å². The van der Waals surface area contributed by atoms with Gasteiger partial charge in [-0.25, -0.2) is 5.84 Å². The van der Waals surface area contributed by atoms with Crippen LogP contribution in [0.3, 0.4) is 0 Å². The number of carbonyl (C=O) groups excluding carboxylic acids is 1. The van der Waals surface area contributed by atoms with Crippen molar-refractivity contribution in [1.29, 1.82) is 0 Å². The number of fused-ring (bicyclic) bond motifs is 4. The number of rotatable bonds is 1. The lowest BCUT2D eigenvalue weighted by Gasteiger charge is -1.97. The van der Waals surface area contributed by atoms with Crippen LogP contribution in [-0.4, -0.2) is 10.9 Å². The number of amides is 1. The highest BCUT2D eigenvalue weighted by Crippen LogP contribution is 2.32. The van der Waals surface area contributed by atoms with Crippen molar-refractivity contribution in [1.82, 2.24) is 10.4 Å². The molecule has 4 rings (SSSR count). The minimum absolute atomic E-state index is 0.327. The Morgan fingerprint density at radius 3 is 2.80 bits per heavy atom. The van der Waals surface area contributed by atoms with E-state index >= 15 is 0 Å². The number of carbonyl (C=O) groups is 1. The molecule has 0 aliphatic carbocycles. The fourth-order valence-corrected chi connectivity index (χ4v) is 2.61. The maximum absolute atomic E-state index is 11.7. The number of aromatic amines is 1. The largest absolute Gasteiger partial charge is 0.456 e. The summed E-state index contributed by atoms with van der Waals surface area (Å²) in [6.45, 7) is 0. The number of hydrogen-bond donors (Lipinski definition) is 3. The van der Waals surface area contributed by atoms with Crippen molar-refractivity contribution >= 4 is 38.7 Å². The van der Waals surface area contributed by atoms with Crippen LogP contribution in [0.2, 0.25) is 0 Å². The van der Waals surface area contributed by atoms with Crippen molar-refractivity contribution in [3.8, 4) is 0 Å². The molecule has 20 heavy (non-hydrogen) atoms. The van der Waals surface area contributed by atoms with E-state index in [1.165, 1.54) is 0 Å². The summed E-state index contributed by atoms with van der Waals surface area (Å²) in [7, 11) is 0. The number of nitrogen functional groups attached to an aromatic ring is 1. The van der Waals surface area contributed by atoms with Crippen molar-refractivity contribution in [2.75, 3.05) is 0 Å². The van der Waals surface area contributed by atoms with Crippen LogP contribution >= 0.6 is 0 Å². The molecular formula is C15H11N3O2. The van der Waals surface area contributed by atoms with Gasteiger partial charge in [0.1, 0.15) is 11.2 Å². The SMILES string of the molecule is NNC(=O)c1c[nH]c2cc3c(cc12)oc1ccccc13. The van der Waals surface area contributed by atoms with E-state index in [9.17, 15) is 4.79 Å². The van der Waals surface area contributed by atoms with Gasteiger partial charge in [0.15, 0.2) is 0 Å². The second-order valence-electron chi connectivity index (χ2n) is 4.67. The molecule has 2 aromatic carbocycles. The zero-order valence-electron chi connectivity index (χ0n) is 10.4. The van der Waals surface area contributed by atoms with Crippen molar-refractivity contribution in [2.45, 2.75) is 0 Å². The van der Waals surface area contributed by atoms with Crippen LogP contribution in [0.4, 0.5) is 0 Å². The smallest absolute Gasteiger partial charge is 0.267 e. The molecule has 2 aromatic heterocycles. The van der Waals surface area contributed by atoms with Crippen LogP contribution in [0.25, 0.3) is 32.8 Å². The Kier molecular flexibility index (Phi) is 2.13. The van der Waals surface area contributed by atoms with E-state index in [-0.39, 0.29) is 5.91 Å². The third kappa shape index (κ3) is 1.38. The standard InChI is InChI=1S/C15H11N3O2/c16-18-15(19)11-7-17-12-5-10-8-3-1-2-4-13(8)20-14(10)6-9(11)12/h1-7,17H,16H2,(H,18,19). The first-order chi connectivity index (χ1) is 9.78. The predicted molar refractivity (Wildman–Crippen MR) is 77.2 cm³/mol. The number of aromatic nitrogens is 1. The molecule has 0 saturated heterocycles. The zero-order valence-corrected chi connectivity index (χ0v) is 10.4. The monoisotopic (exact) mass is 265 g/mol. The normalized spacial score (nSPS) is 11.4. The topological polar surface area (TPSA) is 84.0 Å². The molecule has 0 spiro atoms. The highest BCUT2D eigenvalue weighted by molar-refractivity contribution is 6.14. The Balaban J connectivity index is 2.11. The number of para-hydroxylation sites is 1. The van der Waals surface area contributed by atoms with E-state index in [1.54, 1.807) is 6.20 Å². The van der Waals surface area contributed by atoms with Crippen molar-refractivity contribution in [3.05, 3.63) is 48.2 Å². The molecule has 5 heteroatoms. The number of H-pyrrole nitrogens is 1. The molecule has 0 bridgehead atoms. The summed E-state index contributed by atoms with van der Waals surface area (Å²) >= 11 is 0. The van der Waals surface area contributed by atoms with Crippen molar-refractivity contribution in [2.24, 2.45) is 5.84 Å². The lowest BCUT2D eigenvalue weighted by atomic mass is 10.1. The maximum atomic E-state index is 11.7. The summed E-state index contributed by atoms with van der Waals surface area (Å²) < 4.78 is 5.82. The van der Waals surface area contributed by atoms with E-state index < -0.39 is 0 Å². The van der Waals surface area contributed by atoms with Gasteiger partial charge in [0, 0.05) is 27.9 Å². The van der Waals surface area contributed by atoms with Crippen LogP contribution in [0.15, 0.2) is 47.0 Å². The Bertz CT molecular complexity index is 965. The summed E-state index contributed by atoms with van der Waals surface area (Å²) in [5, 5.41) is 2.87. The molecule has 98 valence electrons. The lowest BCUT2D eigenvalue weighted by molar-refractivity contribution is 0.0955. The lowest BCUT2D eigenvalue weighted by Crippen LogP contribution is -2.29. The van der Waals surface area contributed by atoms with Gasteiger partial charge < -0.3 is 9.40 Å². The van der Waals surface area contributed by atoms with E-state index in [2.05, 4.69) is 10.4 Å². The Labute approximate surface area is 113 Å². The van der Waals surface area contributed by atoms with Crippen LogP contribution in [0.5, 0.6) is 0 Å². The van der Waals surface area contributed by atoms with E-state index in [1.807, 2.05) is 36.4 Å². The molecule has 0 unspecified atom stereocenters. The van der Waals surface area contributed by atoms with Crippen molar-refractivity contribution < 1.29 is 9.21 Å². The molecule has 2 heterocycles. The highest BCUT2D eigenvalue weighted by Gasteiger charge is 2.14. The van der Waals surface area contributed by atoms with Gasteiger partial charge in [-0.2, -0.15) is 0 Å². The second kappa shape index (κ2) is 3.85. The predicted octanol–water partition coefficient (Wildman–Crippen LogP) is 2.67. The van der Waals surface area contributed by atoms with Gasteiger partial charge in [-0.3, -0.25) is 10.2 Å². The molecule has 1 amide bonds. The Hall–Kier alpha value is -2.79. The number of benzene rings is 2. The first-order valence-electron chi connectivity index (χ1n) is 6.21. The fraction of sp³-hybridized carbons (Fsp3) is 0. The van der Waals surface area contributed by atoms with Gasteiger partial charge >= 0.3 is 0 Å². The molecule has 0 aliphatic rings. The summed E-state index contributed by atoms with van der Waals surface area (Å²) in [6.07, 6.45) is 1.65. The molecule has 0 saturated carbocycles. The van der Waals surface area contributed by atoms with E-state index in [0.29, 0.717) is 5.56 Å². The quantitative estimate of drug-likeness (QED) is 0.281. The molecule has 4 N–H and O–H groups in total. The molecule has 0 aliphatic heterocycles. The zero-order chi connectivity index (χ0) is 13.7. The molecule has 5 nitrogen and oxygen atoms in total.